The van der Waals surface area contributed by atoms with Crippen molar-refractivity contribution in [1.82, 2.24) is 15.0 Å². The average Bonchev–Trinajstić information content (AvgIpc) is 3.48. The highest BCUT2D eigenvalue weighted by atomic mass is 16.5. The molecule has 206 valence electrons. The van der Waals surface area contributed by atoms with Gasteiger partial charge in [-0.1, -0.05) is 26.8 Å². The molecular weight excluding hydrogens is 512 g/mol. The Kier molecular flexibility index (Phi) is 6.70. The first-order valence-electron chi connectivity index (χ1n) is 12.6. The molecule has 0 saturated carbocycles. The normalized spacial score (nSPS) is 16.9. The molecule has 10 nitrogen and oxygen atoms in total. The van der Waals surface area contributed by atoms with Crippen LogP contribution in [0.15, 0.2) is 60.3 Å². The van der Waals surface area contributed by atoms with Crippen LogP contribution in [0.4, 0.5) is 5.95 Å². The lowest BCUT2D eigenvalue weighted by molar-refractivity contribution is -0.132. The molecule has 10 heteroatoms. The van der Waals surface area contributed by atoms with Gasteiger partial charge in [-0.15, -0.1) is 0 Å². The fraction of sp³-hybridized carbons (Fsp3) is 0.267. The maximum atomic E-state index is 13.6. The van der Waals surface area contributed by atoms with Gasteiger partial charge < -0.3 is 24.3 Å². The van der Waals surface area contributed by atoms with Crippen LogP contribution in [0.3, 0.4) is 0 Å². The molecule has 1 saturated heterocycles. The topological polar surface area (TPSA) is 127 Å². The van der Waals surface area contributed by atoms with Crippen LogP contribution < -0.4 is 19.1 Å². The minimum atomic E-state index is -1.04. The number of carbonyl (C=O) groups is 2. The number of imidazole rings is 1. The SMILES string of the molecule is COc1cc2nc(N3C(=O)C(=O)/C(=C(/O)c4ccc(OC)c(C(C)(C)C)c4)C3c3ccccn3)[nH]c2cc1OC. The molecule has 1 aliphatic rings. The maximum absolute atomic E-state index is 13.6. The third-order valence-electron chi connectivity index (χ3n) is 6.90. The van der Waals surface area contributed by atoms with E-state index in [1.807, 2.05) is 20.8 Å². The molecule has 0 radical (unpaired) electrons. The summed E-state index contributed by atoms with van der Waals surface area (Å²) in [5.74, 6) is -0.305. The van der Waals surface area contributed by atoms with Crippen molar-refractivity contribution >= 4 is 34.4 Å². The van der Waals surface area contributed by atoms with Crippen LogP contribution in [0.5, 0.6) is 17.2 Å². The molecule has 0 aliphatic carbocycles. The van der Waals surface area contributed by atoms with E-state index >= 15 is 0 Å². The van der Waals surface area contributed by atoms with E-state index in [9.17, 15) is 14.7 Å². The Balaban J connectivity index is 1.71. The first kappa shape index (κ1) is 26.7. The number of nitrogens with zero attached hydrogens (tertiary/aromatic N) is 3. The van der Waals surface area contributed by atoms with Crippen molar-refractivity contribution < 1.29 is 28.9 Å². The Hall–Kier alpha value is -4.86. The number of rotatable bonds is 6. The average molecular weight is 543 g/mol. The van der Waals surface area contributed by atoms with Crippen LogP contribution in [-0.4, -0.2) is 53.1 Å². The molecule has 2 aromatic heterocycles. The zero-order chi connectivity index (χ0) is 28.8. The molecule has 0 bridgehead atoms. The second kappa shape index (κ2) is 10.0. The first-order chi connectivity index (χ1) is 19.1. The van der Waals surface area contributed by atoms with Gasteiger partial charge >= 0.3 is 5.91 Å². The van der Waals surface area contributed by atoms with E-state index in [4.69, 9.17) is 14.2 Å². The number of ketones is 1. The number of aromatic nitrogens is 3. The van der Waals surface area contributed by atoms with E-state index in [0.29, 0.717) is 39.5 Å². The molecule has 1 amide bonds. The number of fused-ring (bicyclic) bond motifs is 1. The van der Waals surface area contributed by atoms with Gasteiger partial charge in [-0.2, -0.15) is 0 Å². The second-order valence-corrected chi connectivity index (χ2v) is 10.4. The Labute approximate surface area is 231 Å². The Morgan fingerprint density at radius 3 is 2.27 bits per heavy atom. The van der Waals surface area contributed by atoms with Gasteiger partial charge in [0.2, 0.25) is 5.95 Å². The number of methoxy groups -OCH3 is 3. The quantitative estimate of drug-likeness (QED) is 0.200. The summed E-state index contributed by atoms with van der Waals surface area (Å²) in [6, 6.07) is 12.7. The third-order valence-corrected chi connectivity index (χ3v) is 6.90. The Morgan fingerprint density at radius 1 is 0.950 bits per heavy atom. The van der Waals surface area contributed by atoms with Gasteiger partial charge in [-0.25, -0.2) is 4.98 Å². The Bertz CT molecular complexity index is 1610. The van der Waals surface area contributed by atoms with E-state index in [0.717, 1.165) is 5.56 Å². The largest absolute Gasteiger partial charge is 0.507 e. The number of hydrogen-bond acceptors (Lipinski definition) is 8. The highest BCUT2D eigenvalue weighted by Gasteiger charge is 2.49. The molecule has 1 fully saturated rings. The van der Waals surface area contributed by atoms with Crippen molar-refractivity contribution in [3.05, 3.63) is 77.1 Å². The number of aliphatic hydroxyl groups is 1. The van der Waals surface area contributed by atoms with Crippen molar-refractivity contribution in [3.8, 4) is 17.2 Å². The minimum absolute atomic E-state index is 0.0932. The molecule has 2 N–H and O–H groups in total. The maximum Gasteiger partial charge on any atom is 0.302 e. The van der Waals surface area contributed by atoms with E-state index < -0.39 is 17.7 Å². The predicted molar refractivity (Wildman–Crippen MR) is 150 cm³/mol. The van der Waals surface area contributed by atoms with Crippen LogP contribution in [-0.2, 0) is 15.0 Å². The first-order valence-corrected chi connectivity index (χ1v) is 12.6. The molecule has 1 aliphatic heterocycles. The van der Waals surface area contributed by atoms with Crippen molar-refractivity contribution in [1.29, 1.82) is 0 Å². The number of carbonyl (C=O) groups excluding carboxylic acids is 2. The number of amides is 1. The van der Waals surface area contributed by atoms with Crippen LogP contribution >= 0.6 is 0 Å². The molecule has 2 aromatic carbocycles. The second-order valence-electron chi connectivity index (χ2n) is 10.4. The summed E-state index contributed by atoms with van der Waals surface area (Å²) >= 11 is 0. The molecule has 1 atom stereocenters. The summed E-state index contributed by atoms with van der Waals surface area (Å²) in [5, 5.41) is 11.6. The van der Waals surface area contributed by atoms with Crippen LogP contribution in [0.1, 0.15) is 43.6 Å². The summed E-state index contributed by atoms with van der Waals surface area (Å²) in [5.41, 5.74) is 2.27. The minimum Gasteiger partial charge on any atom is -0.507 e. The highest BCUT2D eigenvalue weighted by Crippen LogP contribution is 2.43. The summed E-state index contributed by atoms with van der Waals surface area (Å²) in [6.45, 7) is 6.06. The fourth-order valence-corrected chi connectivity index (χ4v) is 4.90. The Morgan fingerprint density at radius 2 is 1.65 bits per heavy atom. The van der Waals surface area contributed by atoms with Gasteiger partial charge in [0.1, 0.15) is 17.6 Å². The molecule has 5 rings (SSSR count). The third kappa shape index (κ3) is 4.41. The molecule has 3 heterocycles. The number of pyridine rings is 1. The predicted octanol–water partition coefficient (Wildman–Crippen LogP) is 4.91. The fourth-order valence-electron chi connectivity index (χ4n) is 4.90. The molecule has 4 aromatic rings. The molecular formula is C30H30N4O6. The number of aliphatic hydroxyl groups excluding tert-OH is 1. The summed E-state index contributed by atoms with van der Waals surface area (Å²) in [6.07, 6.45) is 1.56. The van der Waals surface area contributed by atoms with Gasteiger partial charge in [0.15, 0.2) is 11.5 Å². The molecule has 40 heavy (non-hydrogen) atoms. The summed E-state index contributed by atoms with van der Waals surface area (Å²) < 4.78 is 16.3. The number of hydrogen-bond donors (Lipinski definition) is 2. The van der Waals surface area contributed by atoms with E-state index in [1.165, 1.54) is 19.1 Å². The van der Waals surface area contributed by atoms with Crippen molar-refractivity contribution in [2.24, 2.45) is 0 Å². The van der Waals surface area contributed by atoms with E-state index in [-0.39, 0.29) is 22.7 Å². The van der Waals surface area contributed by atoms with Gasteiger partial charge in [0.05, 0.1) is 43.6 Å². The van der Waals surface area contributed by atoms with E-state index in [1.54, 1.807) is 61.8 Å². The summed E-state index contributed by atoms with van der Waals surface area (Å²) in [7, 11) is 4.61. The zero-order valence-corrected chi connectivity index (χ0v) is 23.1. The van der Waals surface area contributed by atoms with Gasteiger partial charge in [0.25, 0.3) is 5.78 Å². The van der Waals surface area contributed by atoms with Crippen molar-refractivity contribution in [2.45, 2.75) is 32.2 Å². The molecule has 1 unspecified atom stereocenters. The van der Waals surface area contributed by atoms with Gasteiger partial charge in [0, 0.05) is 29.5 Å². The number of Topliss-reactive ketones (excluding diaryl/α,β-unsaturated/α-hetero) is 1. The lowest BCUT2D eigenvalue weighted by Gasteiger charge is -2.24. The number of aromatic amines is 1. The van der Waals surface area contributed by atoms with Crippen molar-refractivity contribution in [3.63, 3.8) is 0 Å². The number of anilines is 1. The lowest BCUT2D eigenvalue weighted by atomic mass is 9.84. The van der Waals surface area contributed by atoms with Gasteiger partial charge in [-0.3, -0.25) is 19.5 Å². The van der Waals surface area contributed by atoms with Crippen LogP contribution in [0.25, 0.3) is 16.8 Å². The number of ether oxygens (including phenoxy) is 3. The number of benzene rings is 2. The smallest absolute Gasteiger partial charge is 0.302 e. The summed E-state index contributed by atoms with van der Waals surface area (Å²) in [4.78, 5) is 40.5. The lowest BCUT2D eigenvalue weighted by Crippen LogP contribution is -2.30. The van der Waals surface area contributed by atoms with E-state index in [2.05, 4.69) is 15.0 Å². The molecule has 0 spiro atoms. The number of nitrogens with one attached hydrogen (secondary N) is 1. The highest BCUT2D eigenvalue weighted by molar-refractivity contribution is 6.51. The zero-order valence-electron chi connectivity index (χ0n) is 23.1. The monoisotopic (exact) mass is 542 g/mol. The number of H-pyrrole nitrogens is 1. The van der Waals surface area contributed by atoms with Crippen LogP contribution in [0.2, 0.25) is 0 Å². The van der Waals surface area contributed by atoms with Crippen molar-refractivity contribution in [2.75, 3.05) is 26.2 Å². The van der Waals surface area contributed by atoms with Gasteiger partial charge in [-0.05, 0) is 35.7 Å². The standard InChI is InChI=1S/C30H30N4O6/c1-30(2,3)17-13-16(10-11-21(17)38-4)26(35)24-25(18-9-7-8-12-31-18)34(28(37)27(24)36)29-32-19-14-22(39-5)23(40-6)15-20(19)33-29/h7-15,25,35H,1-6H3,(H,32,33)/b26-24+. The van der Waals surface area contributed by atoms with Crippen LogP contribution in [0, 0.1) is 0 Å².